The predicted molar refractivity (Wildman–Crippen MR) is 103 cm³/mol. The molecule has 28 heavy (non-hydrogen) atoms. The Morgan fingerprint density at radius 3 is 2.54 bits per heavy atom. The third-order valence-electron chi connectivity index (χ3n) is 4.35. The molecule has 2 aromatic rings. The fourth-order valence-corrected chi connectivity index (χ4v) is 2.74. The Labute approximate surface area is 163 Å². The summed E-state index contributed by atoms with van der Waals surface area (Å²) in [7, 11) is 1.47. The molecule has 0 bridgehead atoms. The molecule has 0 aromatic heterocycles. The Bertz CT molecular complexity index is 845. The maximum atomic E-state index is 12.5. The predicted octanol–water partition coefficient (Wildman–Crippen LogP) is 3.21. The summed E-state index contributed by atoms with van der Waals surface area (Å²) in [6.45, 7) is 4.36. The molecule has 1 amide bonds. The van der Waals surface area contributed by atoms with E-state index in [2.05, 4.69) is 12.2 Å². The van der Waals surface area contributed by atoms with Crippen molar-refractivity contribution in [3.63, 3.8) is 0 Å². The first-order valence-corrected chi connectivity index (χ1v) is 9.10. The van der Waals surface area contributed by atoms with Crippen molar-refractivity contribution in [3.05, 3.63) is 47.5 Å². The molecule has 7 nitrogen and oxygen atoms in total. The van der Waals surface area contributed by atoms with Crippen molar-refractivity contribution >= 4 is 17.6 Å². The Morgan fingerprint density at radius 2 is 1.86 bits per heavy atom. The number of methoxy groups -OCH3 is 1. The smallest absolute Gasteiger partial charge is 0.339 e. The molecular formula is C21H23NO6. The van der Waals surface area contributed by atoms with Crippen LogP contribution in [-0.4, -0.2) is 38.3 Å². The summed E-state index contributed by atoms with van der Waals surface area (Å²) in [5.41, 5.74) is 2.03. The lowest BCUT2D eigenvalue weighted by Gasteiger charge is -2.21. The van der Waals surface area contributed by atoms with Gasteiger partial charge in [0.2, 0.25) is 5.75 Å². The molecule has 7 heteroatoms. The van der Waals surface area contributed by atoms with Crippen LogP contribution >= 0.6 is 0 Å². The average Bonchev–Trinajstić information content (AvgIpc) is 2.73. The van der Waals surface area contributed by atoms with Crippen molar-refractivity contribution in [2.24, 2.45) is 0 Å². The van der Waals surface area contributed by atoms with E-state index in [0.29, 0.717) is 36.1 Å². The van der Waals surface area contributed by atoms with Gasteiger partial charge in [0.1, 0.15) is 13.2 Å². The third-order valence-corrected chi connectivity index (χ3v) is 4.35. The van der Waals surface area contributed by atoms with E-state index in [1.807, 2.05) is 24.3 Å². The Kier molecular flexibility index (Phi) is 6.03. The molecule has 0 aliphatic carbocycles. The number of carbonyl (C=O) groups excluding carboxylic acids is 2. The highest BCUT2D eigenvalue weighted by atomic mass is 16.6. The topological polar surface area (TPSA) is 83.1 Å². The highest BCUT2D eigenvalue weighted by Gasteiger charge is 2.24. The Morgan fingerprint density at radius 1 is 1.14 bits per heavy atom. The second-order valence-corrected chi connectivity index (χ2v) is 6.29. The lowest BCUT2D eigenvalue weighted by Crippen LogP contribution is -2.30. The zero-order valence-corrected chi connectivity index (χ0v) is 16.1. The minimum atomic E-state index is -0.974. The number of hydrogen-bond acceptors (Lipinski definition) is 6. The molecule has 2 aromatic carbocycles. The highest BCUT2D eigenvalue weighted by molar-refractivity contribution is 5.97. The summed E-state index contributed by atoms with van der Waals surface area (Å²) in [4.78, 5) is 24.8. The van der Waals surface area contributed by atoms with Crippen LogP contribution in [0.15, 0.2) is 36.4 Å². The summed E-state index contributed by atoms with van der Waals surface area (Å²) >= 11 is 0. The van der Waals surface area contributed by atoms with Gasteiger partial charge in [-0.3, -0.25) is 4.79 Å². The number of ether oxygens (including phenoxy) is 4. The van der Waals surface area contributed by atoms with E-state index in [4.69, 9.17) is 18.9 Å². The first-order chi connectivity index (χ1) is 13.5. The summed E-state index contributed by atoms with van der Waals surface area (Å²) < 4.78 is 21.6. The van der Waals surface area contributed by atoms with Crippen LogP contribution in [0.1, 0.15) is 29.8 Å². The molecule has 1 heterocycles. The SMILES string of the molecule is CCc1ccc(NC(=O)[C@H](C)OC(=O)c2cc(OC)c3c(c2)OCCO3)cc1. The van der Waals surface area contributed by atoms with E-state index in [1.165, 1.54) is 31.7 Å². The zero-order chi connectivity index (χ0) is 20.1. The van der Waals surface area contributed by atoms with Crippen molar-refractivity contribution in [2.45, 2.75) is 26.4 Å². The van der Waals surface area contributed by atoms with E-state index in [1.54, 1.807) is 0 Å². The maximum Gasteiger partial charge on any atom is 0.339 e. The molecule has 0 spiro atoms. The number of benzene rings is 2. The maximum absolute atomic E-state index is 12.5. The quantitative estimate of drug-likeness (QED) is 0.769. The molecule has 3 rings (SSSR count). The van der Waals surface area contributed by atoms with E-state index < -0.39 is 18.0 Å². The van der Waals surface area contributed by atoms with Gasteiger partial charge in [-0.15, -0.1) is 0 Å². The third kappa shape index (κ3) is 4.36. The number of rotatable bonds is 6. The molecule has 0 fully saturated rings. The Balaban J connectivity index is 1.67. The van der Waals surface area contributed by atoms with Gasteiger partial charge in [0, 0.05) is 5.69 Å². The van der Waals surface area contributed by atoms with Crippen LogP contribution in [0.4, 0.5) is 5.69 Å². The number of aryl methyl sites for hydroxylation is 1. The van der Waals surface area contributed by atoms with Crippen molar-refractivity contribution in [1.82, 2.24) is 0 Å². The number of carbonyl (C=O) groups is 2. The van der Waals surface area contributed by atoms with Gasteiger partial charge in [-0.05, 0) is 43.2 Å². The standard InChI is InChI=1S/C21H23NO6/c1-4-14-5-7-16(8-6-14)22-20(23)13(2)28-21(24)15-11-17(25-3)19-18(12-15)26-9-10-27-19/h5-8,11-13H,4,9-10H2,1-3H3,(H,22,23)/t13-/m0/s1. The van der Waals surface area contributed by atoms with Crippen LogP contribution in [0.3, 0.4) is 0 Å². The number of hydrogen-bond donors (Lipinski definition) is 1. The van der Waals surface area contributed by atoms with Crippen LogP contribution in [-0.2, 0) is 16.0 Å². The fraction of sp³-hybridized carbons (Fsp3) is 0.333. The first-order valence-electron chi connectivity index (χ1n) is 9.10. The molecule has 0 saturated heterocycles. The molecule has 0 radical (unpaired) electrons. The van der Waals surface area contributed by atoms with Crippen molar-refractivity contribution in [2.75, 3.05) is 25.6 Å². The summed E-state index contributed by atoms with van der Waals surface area (Å²) in [6, 6.07) is 10.5. The van der Waals surface area contributed by atoms with E-state index in [9.17, 15) is 9.59 Å². The largest absolute Gasteiger partial charge is 0.493 e. The van der Waals surface area contributed by atoms with E-state index >= 15 is 0 Å². The minimum absolute atomic E-state index is 0.216. The molecule has 0 saturated carbocycles. The van der Waals surface area contributed by atoms with E-state index in [0.717, 1.165) is 6.42 Å². The molecule has 1 aliphatic heterocycles. The monoisotopic (exact) mass is 385 g/mol. The second-order valence-electron chi connectivity index (χ2n) is 6.29. The molecule has 1 N–H and O–H groups in total. The molecule has 1 aliphatic rings. The lowest BCUT2D eigenvalue weighted by atomic mass is 10.1. The second kappa shape index (κ2) is 8.65. The molecular weight excluding hydrogens is 362 g/mol. The van der Waals surface area contributed by atoms with Gasteiger partial charge in [-0.2, -0.15) is 0 Å². The summed E-state index contributed by atoms with van der Waals surface area (Å²) in [5.74, 6) is 0.163. The van der Waals surface area contributed by atoms with Gasteiger partial charge < -0.3 is 24.3 Å². The van der Waals surface area contributed by atoms with Crippen molar-refractivity contribution in [1.29, 1.82) is 0 Å². The van der Waals surface area contributed by atoms with Crippen LogP contribution in [0, 0.1) is 0 Å². The van der Waals surface area contributed by atoms with Gasteiger partial charge in [-0.1, -0.05) is 19.1 Å². The lowest BCUT2D eigenvalue weighted by molar-refractivity contribution is -0.123. The highest BCUT2D eigenvalue weighted by Crippen LogP contribution is 2.40. The number of amides is 1. The number of nitrogens with one attached hydrogen (secondary N) is 1. The Hall–Kier alpha value is -3.22. The number of esters is 1. The van der Waals surface area contributed by atoms with Crippen LogP contribution in [0.25, 0.3) is 0 Å². The minimum Gasteiger partial charge on any atom is -0.493 e. The van der Waals surface area contributed by atoms with Gasteiger partial charge in [0.05, 0.1) is 12.7 Å². The zero-order valence-electron chi connectivity index (χ0n) is 16.1. The fourth-order valence-electron chi connectivity index (χ4n) is 2.74. The van der Waals surface area contributed by atoms with Crippen LogP contribution in [0.2, 0.25) is 0 Å². The summed E-state index contributed by atoms with van der Waals surface area (Å²) in [6.07, 6.45) is -0.0566. The van der Waals surface area contributed by atoms with Gasteiger partial charge >= 0.3 is 5.97 Å². The van der Waals surface area contributed by atoms with Gasteiger partial charge in [-0.25, -0.2) is 4.79 Å². The molecule has 148 valence electrons. The normalized spacial score (nSPS) is 13.4. The van der Waals surface area contributed by atoms with Gasteiger partial charge in [0.15, 0.2) is 17.6 Å². The molecule has 1 atom stereocenters. The van der Waals surface area contributed by atoms with Crippen molar-refractivity contribution in [3.8, 4) is 17.2 Å². The summed E-state index contributed by atoms with van der Waals surface area (Å²) in [5, 5.41) is 2.74. The van der Waals surface area contributed by atoms with E-state index in [-0.39, 0.29) is 5.56 Å². The number of anilines is 1. The van der Waals surface area contributed by atoms with Gasteiger partial charge in [0.25, 0.3) is 5.91 Å². The van der Waals surface area contributed by atoms with Crippen molar-refractivity contribution < 1.29 is 28.5 Å². The average molecular weight is 385 g/mol. The van der Waals surface area contributed by atoms with Crippen LogP contribution < -0.4 is 19.5 Å². The first kappa shape index (κ1) is 19.5. The molecule has 0 unspecified atom stereocenters. The number of fused-ring (bicyclic) bond motifs is 1. The van der Waals surface area contributed by atoms with Crippen LogP contribution in [0.5, 0.6) is 17.2 Å².